The van der Waals surface area contributed by atoms with Crippen molar-refractivity contribution in [3.05, 3.63) is 53.6 Å². The molecule has 0 heterocycles. The predicted molar refractivity (Wildman–Crippen MR) is 124 cm³/mol. The SMILES string of the molecule is COc1cc(OC)cc(OCC(=O)N(Cc2ccc(C)cc2)[C@H](C)C(=O)NCC(C)C)c1. The van der Waals surface area contributed by atoms with Crippen molar-refractivity contribution in [3.8, 4) is 17.2 Å². The number of nitrogens with zero attached hydrogens (tertiary/aromatic N) is 1. The van der Waals surface area contributed by atoms with E-state index in [1.54, 1.807) is 39.3 Å². The summed E-state index contributed by atoms with van der Waals surface area (Å²) in [4.78, 5) is 27.4. The van der Waals surface area contributed by atoms with Gasteiger partial charge < -0.3 is 24.4 Å². The molecule has 2 aromatic carbocycles. The molecule has 0 aliphatic carbocycles. The maximum Gasteiger partial charge on any atom is 0.261 e. The zero-order valence-electron chi connectivity index (χ0n) is 19.8. The summed E-state index contributed by atoms with van der Waals surface area (Å²) in [6, 6.07) is 12.3. The largest absolute Gasteiger partial charge is 0.496 e. The smallest absolute Gasteiger partial charge is 0.261 e. The van der Waals surface area contributed by atoms with E-state index in [9.17, 15) is 9.59 Å². The second-order valence-electron chi connectivity index (χ2n) is 8.16. The molecular formula is C25H34N2O5. The van der Waals surface area contributed by atoms with Crippen LogP contribution in [0.25, 0.3) is 0 Å². The lowest BCUT2D eigenvalue weighted by molar-refractivity contribution is -0.142. The van der Waals surface area contributed by atoms with E-state index < -0.39 is 6.04 Å². The van der Waals surface area contributed by atoms with Crippen LogP contribution < -0.4 is 19.5 Å². The first-order valence-corrected chi connectivity index (χ1v) is 10.7. The summed E-state index contributed by atoms with van der Waals surface area (Å²) in [5.74, 6) is 1.40. The summed E-state index contributed by atoms with van der Waals surface area (Å²) in [7, 11) is 3.09. The minimum atomic E-state index is -0.647. The first-order valence-electron chi connectivity index (χ1n) is 10.7. The molecule has 32 heavy (non-hydrogen) atoms. The molecule has 0 spiro atoms. The average molecular weight is 443 g/mol. The Morgan fingerprint density at radius 2 is 1.50 bits per heavy atom. The minimum absolute atomic E-state index is 0.192. The maximum absolute atomic E-state index is 13.1. The lowest BCUT2D eigenvalue weighted by Gasteiger charge is -2.29. The van der Waals surface area contributed by atoms with Gasteiger partial charge in [-0.25, -0.2) is 0 Å². The topological polar surface area (TPSA) is 77.1 Å². The van der Waals surface area contributed by atoms with E-state index in [-0.39, 0.29) is 18.4 Å². The summed E-state index contributed by atoms with van der Waals surface area (Å²) in [6.07, 6.45) is 0. The molecule has 7 nitrogen and oxygen atoms in total. The Morgan fingerprint density at radius 1 is 0.938 bits per heavy atom. The van der Waals surface area contributed by atoms with Gasteiger partial charge in [0.15, 0.2) is 6.61 Å². The van der Waals surface area contributed by atoms with Crippen LogP contribution >= 0.6 is 0 Å². The highest BCUT2D eigenvalue weighted by molar-refractivity contribution is 5.88. The Balaban J connectivity index is 2.17. The highest BCUT2D eigenvalue weighted by atomic mass is 16.5. The number of carbonyl (C=O) groups excluding carboxylic acids is 2. The Morgan fingerprint density at radius 3 is 2.03 bits per heavy atom. The first kappa shape index (κ1) is 25.0. The van der Waals surface area contributed by atoms with Crippen LogP contribution in [0.1, 0.15) is 31.9 Å². The fraction of sp³-hybridized carbons (Fsp3) is 0.440. The molecule has 2 rings (SSSR count). The average Bonchev–Trinajstić information content (AvgIpc) is 2.79. The monoisotopic (exact) mass is 442 g/mol. The number of ether oxygens (including phenoxy) is 3. The number of hydrogen-bond donors (Lipinski definition) is 1. The van der Waals surface area contributed by atoms with Crippen LogP contribution in [0.15, 0.2) is 42.5 Å². The van der Waals surface area contributed by atoms with Crippen LogP contribution in [0.5, 0.6) is 17.2 Å². The molecule has 0 bridgehead atoms. The number of aryl methyl sites for hydroxylation is 1. The Bertz CT molecular complexity index is 873. The highest BCUT2D eigenvalue weighted by Gasteiger charge is 2.26. The van der Waals surface area contributed by atoms with E-state index in [1.165, 1.54) is 4.90 Å². The normalized spacial score (nSPS) is 11.6. The molecule has 0 fully saturated rings. The third-order valence-electron chi connectivity index (χ3n) is 5.01. The molecule has 7 heteroatoms. The number of amides is 2. The second-order valence-corrected chi connectivity index (χ2v) is 8.16. The van der Waals surface area contributed by atoms with Crippen molar-refractivity contribution in [2.75, 3.05) is 27.4 Å². The first-order chi connectivity index (χ1) is 15.2. The summed E-state index contributed by atoms with van der Waals surface area (Å²) < 4.78 is 16.2. The second kappa shape index (κ2) is 12.0. The number of carbonyl (C=O) groups is 2. The number of rotatable bonds is 11. The Hall–Kier alpha value is -3.22. The third-order valence-corrected chi connectivity index (χ3v) is 5.01. The van der Waals surface area contributed by atoms with E-state index in [4.69, 9.17) is 14.2 Å². The van der Waals surface area contributed by atoms with Crippen molar-refractivity contribution in [1.29, 1.82) is 0 Å². The van der Waals surface area contributed by atoms with E-state index in [0.29, 0.717) is 36.3 Å². The van der Waals surface area contributed by atoms with Gasteiger partial charge in [-0.3, -0.25) is 9.59 Å². The highest BCUT2D eigenvalue weighted by Crippen LogP contribution is 2.27. The molecule has 1 atom stereocenters. The molecule has 0 aromatic heterocycles. The van der Waals surface area contributed by atoms with Gasteiger partial charge in [0.2, 0.25) is 5.91 Å². The van der Waals surface area contributed by atoms with Crippen molar-refractivity contribution in [2.45, 2.75) is 40.3 Å². The Labute approximate surface area is 190 Å². The summed E-state index contributed by atoms with van der Waals surface area (Å²) in [6.45, 7) is 8.42. The van der Waals surface area contributed by atoms with Gasteiger partial charge in [0, 0.05) is 31.3 Å². The van der Waals surface area contributed by atoms with Gasteiger partial charge in [-0.2, -0.15) is 0 Å². The van der Waals surface area contributed by atoms with Gasteiger partial charge in [0.05, 0.1) is 14.2 Å². The van der Waals surface area contributed by atoms with Gasteiger partial charge >= 0.3 is 0 Å². The minimum Gasteiger partial charge on any atom is -0.496 e. The van der Waals surface area contributed by atoms with E-state index in [0.717, 1.165) is 11.1 Å². The fourth-order valence-electron chi connectivity index (χ4n) is 3.02. The lowest BCUT2D eigenvalue weighted by atomic mass is 10.1. The van der Waals surface area contributed by atoms with Crippen molar-refractivity contribution in [2.24, 2.45) is 5.92 Å². The lowest BCUT2D eigenvalue weighted by Crippen LogP contribution is -2.49. The quantitative estimate of drug-likeness (QED) is 0.576. The molecule has 174 valence electrons. The number of hydrogen-bond acceptors (Lipinski definition) is 5. The van der Waals surface area contributed by atoms with Gasteiger partial charge in [0.25, 0.3) is 5.91 Å². The predicted octanol–water partition coefficient (Wildman–Crippen LogP) is 3.58. The molecule has 0 aliphatic rings. The van der Waals surface area contributed by atoms with Crippen LogP contribution in [-0.2, 0) is 16.1 Å². The molecular weight excluding hydrogens is 408 g/mol. The van der Waals surface area contributed by atoms with E-state index >= 15 is 0 Å². The molecule has 2 amide bonds. The molecule has 0 aliphatic heterocycles. The molecule has 0 saturated heterocycles. The van der Waals surface area contributed by atoms with E-state index in [1.807, 2.05) is 45.0 Å². The van der Waals surface area contributed by atoms with Crippen LogP contribution in [-0.4, -0.2) is 50.1 Å². The van der Waals surface area contributed by atoms with Gasteiger partial charge in [-0.05, 0) is 25.3 Å². The number of nitrogens with one attached hydrogen (secondary N) is 1. The van der Waals surface area contributed by atoms with Crippen molar-refractivity contribution >= 4 is 11.8 Å². The Kier molecular flexibility index (Phi) is 9.38. The summed E-state index contributed by atoms with van der Waals surface area (Å²) in [5.41, 5.74) is 2.07. The molecule has 0 saturated carbocycles. The van der Waals surface area contributed by atoms with Crippen molar-refractivity contribution in [3.63, 3.8) is 0 Å². The molecule has 2 aromatic rings. The van der Waals surface area contributed by atoms with Gasteiger partial charge in [0.1, 0.15) is 23.3 Å². The maximum atomic E-state index is 13.1. The molecule has 0 radical (unpaired) electrons. The zero-order valence-corrected chi connectivity index (χ0v) is 19.8. The van der Waals surface area contributed by atoms with Crippen molar-refractivity contribution in [1.82, 2.24) is 10.2 Å². The van der Waals surface area contributed by atoms with Crippen LogP contribution in [0.3, 0.4) is 0 Å². The molecule has 1 N–H and O–H groups in total. The van der Waals surface area contributed by atoms with Crippen LogP contribution in [0.2, 0.25) is 0 Å². The van der Waals surface area contributed by atoms with Gasteiger partial charge in [-0.15, -0.1) is 0 Å². The van der Waals surface area contributed by atoms with Crippen LogP contribution in [0.4, 0.5) is 0 Å². The van der Waals surface area contributed by atoms with Crippen LogP contribution in [0, 0.1) is 12.8 Å². The fourth-order valence-corrected chi connectivity index (χ4v) is 3.02. The number of methoxy groups -OCH3 is 2. The summed E-state index contributed by atoms with van der Waals surface area (Å²) >= 11 is 0. The summed E-state index contributed by atoms with van der Waals surface area (Å²) in [5, 5.41) is 2.91. The molecule has 0 unspecified atom stereocenters. The van der Waals surface area contributed by atoms with E-state index in [2.05, 4.69) is 5.32 Å². The van der Waals surface area contributed by atoms with Gasteiger partial charge in [-0.1, -0.05) is 43.7 Å². The standard InChI is InChI=1S/C25H34N2O5/c1-17(2)14-26-25(29)19(4)27(15-20-9-7-18(3)8-10-20)24(28)16-32-23-12-21(30-5)11-22(13-23)31-6/h7-13,17,19H,14-16H2,1-6H3,(H,26,29)/t19-/m1/s1. The zero-order chi connectivity index (χ0) is 23.7. The number of benzene rings is 2. The third kappa shape index (κ3) is 7.48. The van der Waals surface area contributed by atoms with Crippen molar-refractivity contribution < 1.29 is 23.8 Å².